The monoisotopic (exact) mass is 637 g/mol. The van der Waals surface area contributed by atoms with Crippen LogP contribution in [-0.2, 0) is 18.2 Å². The second-order valence-electron chi connectivity index (χ2n) is 12.1. The summed E-state index contributed by atoms with van der Waals surface area (Å²) in [6.07, 6.45) is 4.44. The number of nitrogens with zero attached hydrogens (tertiary/aromatic N) is 3. The lowest BCUT2D eigenvalue weighted by molar-refractivity contribution is 0.0270. The highest BCUT2D eigenvalue weighted by Crippen LogP contribution is 2.20. The number of aromatic nitrogens is 1. The van der Waals surface area contributed by atoms with E-state index < -0.39 is 29.7 Å². The van der Waals surface area contributed by atoms with Gasteiger partial charge in [-0.25, -0.2) is 13.6 Å². The van der Waals surface area contributed by atoms with E-state index in [2.05, 4.69) is 5.32 Å². The zero-order chi connectivity index (χ0) is 33.4. The molecule has 0 spiro atoms. The highest BCUT2D eigenvalue weighted by atomic mass is 19.1. The van der Waals surface area contributed by atoms with Crippen LogP contribution in [0.5, 0.6) is 0 Å². The summed E-state index contributed by atoms with van der Waals surface area (Å²) in [5.41, 5.74) is 9.31. The topological polar surface area (TPSA) is 110 Å². The van der Waals surface area contributed by atoms with Crippen LogP contribution < -0.4 is 11.1 Å². The van der Waals surface area contributed by atoms with Crippen LogP contribution in [0.15, 0.2) is 48.7 Å². The molecule has 1 fully saturated rings. The van der Waals surface area contributed by atoms with Crippen molar-refractivity contribution >= 4 is 23.5 Å². The van der Waals surface area contributed by atoms with Gasteiger partial charge in [0.05, 0.1) is 17.8 Å². The van der Waals surface area contributed by atoms with Crippen molar-refractivity contribution < 1.29 is 27.9 Å². The van der Waals surface area contributed by atoms with Gasteiger partial charge in [-0.2, -0.15) is 0 Å². The highest BCUT2D eigenvalue weighted by Gasteiger charge is 2.27. The summed E-state index contributed by atoms with van der Waals surface area (Å²) in [5.74, 6) is -2.35. The molecule has 4 rings (SSSR count). The summed E-state index contributed by atoms with van der Waals surface area (Å²) in [6, 6.07) is 8.99. The number of anilines is 1. The van der Waals surface area contributed by atoms with Crippen molar-refractivity contribution in [3.63, 3.8) is 0 Å². The van der Waals surface area contributed by atoms with Gasteiger partial charge >= 0.3 is 5.97 Å². The number of aryl methyl sites for hydroxylation is 2. The van der Waals surface area contributed by atoms with E-state index in [9.17, 15) is 23.2 Å². The number of benzene rings is 2. The molecule has 0 bridgehead atoms. The van der Waals surface area contributed by atoms with Crippen LogP contribution in [0.1, 0.15) is 81.9 Å². The number of amides is 2. The number of carbonyl (C=O) groups is 3. The Morgan fingerprint density at radius 2 is 1.59 bits per heavy atom. The molecule has 0 saturated carbocycles. The number of ether oxygens (including phenoxy) is 1. The van der Waals surface area contributed by atoms with Crippen LogP contribution >= 0.6 is 0 Å². The average Bonchev–Trinajstić information content (AvgIpc) is 3.67. The van der Waals surface area contributed by atoms with Gasteiger partial charge in [-0.15, -0.1) is 0 Å². The molecule has 1 aromatic heterocycles. The number of nitrogens with two attached hydrogens (primary N) is 1. The SMILES string of the molecule is CCCN(CCC)C(=O)c1cc(C)cc(C(=O)OC(CNc2cc(C(=O)N3CCCC3)n(C)c2)C(N)Cc2cc(F)cc(F)c2)c1. The van der Waals surface area contributed by atoms with Gasteiger partial charge in [0.2, 0.25) is 0 Å². The summed E-state index contributed by atoms with van der Waals surface area (Å²) in [4.78, 5) is 43.5. The zero-order valence-corrected chi connectivity index (χ0v) is 27.2. The normalized spacial score (nSPS) is 14.2. The van der Waals surface area contributed by atoms with Crippen molar-refractivity contribution in [1.29, 1.82) is 0 Å². The Bertz CT molecular complexity index is 1510. The van der Waals surface area contributed by atoms with Crippen LogP contribution in [0.25, 0.3) is 0 Å². The van der Waals surface area contributed by atoms with E-state index in [0.717, 1.165) is 50.4 Å². The molecule has 3 aromatic rings. The largest absolute Gasteiger partial charge is 0.455 e. The number of rotatable bonds is 14. The summed E-state index contributed by atoms with van der Waals surface area (Å²) < 4.78 is 35.6. The second kappa shape index (κ2) is 15.8. The number of halogens is 2. The fourth-order valence-corrected chi connectivity index (χ4v) is 5.85. The van der Waals surface area contributed by atoms with Crippen LogP contribution in [0.2, 0.25) is 0 Å². The Labute approximate surface area is 269 Å². The van der Waals surface area contributed by atoms with Gasteiger partial charge in [0.1, 0.15) is 23.4 Å². The second-order valence-corrected chi connectivity index (χ2v) is 12.1. The van der Waals surface area contributed by atoms with Crippen molar-refractivity contribution in [2.75, 3.05) is 38.0 Å². The molecular weight excluding hydrogens is 592 g/mol. The lowest BCUT2D eigenvalue weighted by Crippen LogP contribution is -2.44. The van der Waals surface area contributed by atoms with Gasteiger partial charge in [-0.1, -0.05) is 13.8 Å². The minimum Gasteiger partial charge on any atom is -0.455 e. The molecule has 2 aromatic carbocycles. The summed E-state index contributed by atoms with van der Waals surface area (Å²) in [7, 11) is 1.79. The van der Waals surface area contributed by atoms with E-state index in [4.69, 9.17) is 10.5 Å². The maximum absolute atomic E-state index is 13.9. The zero-order valence-electron chi connectivity index (χ0n) is 27.2. The van der Waals surface area contributed by atoms with Gasteiger partial charge in [-0.3, -0.25) is 9.59 Å². The third-order valence-corrected chi connectivity index (χ3v) is 8.09. The van der Waals surface area contributed by atoms with Crippen molar-refractivity contribution in [3.8, 4) is 0 Å². The molecule has 2 unspecified atom stereocenters. The number of esters is 1. The van der Waals surface area contributed by atoms with Crippen molar-refractivity contribution in [1.82, 2.24) is 14.4 Å². The first-order valence-corrected chi connectivity index (χ1v) is 16.0. The highest BCUT2D eigenvalue weighted by molar-refractivity contribution is 5.98. The van der Waals surface area contributed by atoms with Crippen LogP contribution in [0.4, 0.5) is 14.5 Å². The molecule has 1 aliphatic rings. The minimum atomic E-state index is -0.937. The van der Waals surface area contributed by atoms with Crippen molar-refractivity contribution in [2.45, 2.75) is 65.0 Å². The maximum Gasteiger partial charge on any atom is 0.338 e. The van der Waals surface area contributed by atoms with E-state index in [0.29, 0.717) is 35.6 Å². The van der Waals surface area contributed by atoms with Gasteiger partial charge in [0.15, 0.2) is 0 Å². The van der Waals surface area contributed by atoms with E-state index in [1.54, 1.807) is 47.8 Å². The molecule has 1 aliphatic heterocycles. The Kier molecular flexibility index (Phi) is 11.9. The standard InChI is InChI=1S/C35H45F2N5O4/c1-5-9-41(10-6-2)33(43)25-13-23(3)14-26(18-25)35(45)46-32(30(38)17-24-15-27(36)19-28(37)16-24)21-39-29-20-31(40(4)22-29)34(44)42-11-7-8-12-42/h13-16,18-20,22,30,32,39H,5-12,17,21,38H2,1-4H3. The summed E-state index contributed by atoms with van der Waals surface area (Å²) >= 11 is 0. The van der Waals surface area contributed by atoms with Gasteiger partial charge < -0.3 is 30.2 Å². The molecule has 46 heavy (non-hydrogen) atoms. The minimum absolute atomic E-state index is 0.0301. The Balaban J connectivity index is 1.55. The first-order valence-electron chi connectivity index (χ1n) is 16.0. The first kappa shape index (κ1) is 34.6. The molecular formula is C35H45F2N5O4. The van der Waals surface area contributed by atoms with E-state index in [1.165, 1.54) is 18.2 Å². The molecule has 11 heteroatoms. The molecule has 2 amide bonds. The predicted molar refractivity (Wildman–Crippen MR) is 174 cm³/mol. The van der Waals surface area contributed by atoms with Crippen LogP contribution in [0, 0.1) is 18.6 Å². The third kappa shape index (κ3) is 8.93. The molecule has 9 nitrogen and oxygen atoms in total. The van der Waals surface area contributed by atoms with Crippen molar-refractivity contribution in [3.05, 3.63) is 88.2 Å². The van der Waals surface area contributed by atoms with E-state index in [1.807, 2.05) is 18.7 Å². The predicted octanol–water partition coefficient (Wildman–Crippen LogP) is 5.32. The van der Waals surface area contributed by atoms with E-state index >= 15 is 0 Å². The summed E-state index contributed by atoms with van der Waals surface area (Å²) in [6.45, 7) is 8.53. The smallest absolute Gasteiger partial charge is 0.338 e. The van der Waals surface area contributed by atoms with Gasteiger partial charge in [-0.05, 0) is 86.6 Å². The molecule has 0 aliphatic carbocycles. The first-order chi connectivity index (χ1) is 22.0. The number of hydrogen-bond donors (Lipinski definition) is 2. The number of nitrogens with one attached hydrogen (secondary N) is 1. The third-order valence-electron chi connectivity index (χ3n) is 8.09. The number of hydrogen-bond acceptors (Lipinski definition) is 6. The molecule has 3 N–H and O–H groups in total. The molecule has 1 saturated heterocycles. The molecule has 248 valence electrons. The maximum atomic E-state index is 13.9. The fraction of sp³-hybridized carbons (Fsp3) is 0.457. The number of carbonyl (C=O) groups excluding carboxylic acids is 3. The fourth-order valence-electron chi connectivity index (χ4n) is 5.85. The summed E-state index contributed by atoms with van der Waals surface area (Å²) in [5, 5.41) is 3.22. The quantitative estimate of drug-likeness (QED) is 0.232. The molecule has 2 heterocycles. The number of likely N-dealkylation sites (tertiary alicyclic amines) is 1. The van der Waals surface area contributed by atoms with Crippen molar-refractivity contribution in [2.24, 2.45) is 12.8 Å². The Morgan fingerprint density at radius 1 is 0.957 bits per heavy atom. The molecule has 0 radical (unpaired) electrons. The molecule has 2 atom stereocenters. The average molecular weight is 638 g/mol. The Hall–Kier alpha value is -4.25. The van der Waals surface area contributed by atoms with Gasteiger partial charge in [0.25, 0.3) is 11.8 Å². The van der Waals surface area contributed by atoms with E-state index in [-0.39, 0.29) is 30.3 Å². The van der Waals surface area contributed by atoms with Crippen LogP contribution in [0.3, 0.4) is 0 Å². The Morgan fingerprint density at radius 3 is 2.22 bits per heavy atom. The lowest BCUT2D eigenvalue weighted by atomic mass is 10.0. The lowest BCUT2D eigenvalue weighted by Gasteiger charge is -2.25. The van der Waals surface area contributed by atoms with Gasteiger partial charge in [0, 0.05) is 57.1 Å². The van der Waals surface area contributed by atoms with Crippen LogP contribution in [-0.4, -0.2) is 77.0 Å².